The van der Waals surface area contributed by atoms with E-state index in [1.807, 2.05) is 0 Å². The van der Waals surface area contributed by atoms with Gasteiger partial charge in [-0.15, -0.1) is 8.93 Å². The molecular formula is C37H56O3P3Si+. The van der Waals surface area contributed by atoms with Crippen LogP contribution in [0.5, 0.6) is 0 Å². The molecule has 0 radical (unpaired) electrons. The average molecular weight is 670 g/mol. The molecule has 0 amide bonds. The van der Waals surface area contributed by atoms with Crippen molar-refractivity contribution in [1.82, 2.24) is 0 Å². The maximum atomic E-state index is 7.44. The lowest BCUT2D eigenvalue weighted by molar-refractivity contribution is -0.213. The van der Waals surface area contributed by atoms with Crippen LogP contribution in [0.2, 0.25) is 18.1 Å². The van der Waals surface area contributed by atoms with Crippen LogP contribution in [-0.2, 0) is 13.9 Å². The van der Waals surface area contributed by atoms with Gasteiger partial charge in [0.15, 0.2) is 14.3 Å². The number of benzene rings is 3. The predicted molar refractivity (Wildman–Crippen MR) is 201 cm³/mol. The fourth-order valence-corrected chi connectivity index (χ4v) is 13.5. The second-order valence-electron chi connectivity index (χ2n) is 14.4. The summed E-state index contributed by atoms with van der Waals surface area (Å²) in [4.78, 5) is 0. The summed E-state index contributed by atoms with van der Waals surface area (Å²) in [6, 6.07) is 33.7. The molecule has 0 bridgehead atoms. The molecule has 4 rings (SSSR count). The molecule has 0 aromatic heterocycles. The van der Waals surface area contributed by atoms with Crippen molar-refractivity contribution >= 4 is 48.0 Å². The Bertz CT molecular complexity index is 1190. The third-order valence-corrected chi connectivity index (χ3v) is 20.6. The van der Waals surface area contributed by atoms with E-state index < -0.39 is 23.2 Å². The summed E-state index contributed by atoms with van der Waals surface area (Å²) in [6.45, 7) is 21.9. The first-order valence-corrected chi connectivity index (χ1v) is 24.6. The first-order chi connectivity index (χ1) is 20.8. The third-order valence-electron chi connectivity index (χ3n) is 10.0. The average Bonchev–Trinajstić information content (AvgIpc) is 3.01. The minimum Gasteiger partial charge on any atom is -0.413 e. The van der Waals surface area contributed by atoms with E-state index in [0.29, 0.717) is 11.8 Å². The van der Waals surface area contributed by atoms with Crippen LogP contribution >= 0.6 is 23.8 Å². The SMILES string of the molecule is C[C@H]([C@H]1OC(P(C)P)OC[C@@H]1C)[C@H](O[Si](C)(C)C(C)(C)C)[C@@H](C)CC[P+](c1ccccc1)(c1ccccc1)c1ccccc1. The molecule has 1 aliphatic rings. The van der Waals surface area contributed by atoms with E-state index in [4.69, 9.17) is 13.9 Å². The second-order valence-corrected chi connectivity index (χ2v) is 27.0. The van der Waals surface area contributed by atoms with Crippen LogP contribution in [0.4, 0.5) is 0 Å². The van der Waals surface area contributed by atoms with Crippen molar-refractivity contribution in [3.05, 3.63) is 91.0 Å². The van der Waals surface area contributed by atoms with Crippen molar-refractivity contribution in [1.29, 1.82) is 0 Å². The Kier molecular flexibility index (Phi) is 12.5. The maximum absolute atomic E-state index is 7.44. The molecular weight excluding hydrogens is 613 g/mol. The highest BCUT2D eigenvalue weighted by Crippen LogP contribution is 2.57. The molecule has 0 N–H and O–H groups in total. The first-order valence-electron chi connectivity index (χ1n) is 16.3. The summed E-state index contributed by atoms with van der Waals surface area (Å²) in [5, 5.41) is 4.46. The van der Waals surface area contributed by atoms with Gasteiger partial charge in [0, 0.05) is 11.8 Å². The van der Waals surface area contributed by atoms with E-state index in [0.717, 1.165) is 19.2 Å². The Hall–Kier alpha value is -0.953. The summed E-state index contributed by atoms with van der Waals surface area (Å²) < 4.78 is 20.3. The standard InChI is InChI=1S/C37H56O3P3Si/c1-28(35(40-44(8,9)37(4,5)6)30(3)34-29(2)27-38-36(39-34)42(7)41)25-26-43(31-19-13-10-14-20-31,32-21-15-11-16-22-32)33-23-17-12-18-24-33/h10-24,28-30,34-36H,25-27,41H2,1-9H3/q+1/t28-,29-,30+,34-,35+,36?,42?/m0/s1. The monoisotopic (exact) mass is 669 g/mol. The molecule has 8 atom stereocenters. The van der Waals surface area contributed by atoms with E-state index in [1.165, 1.54) is 15.9 Å². The molecule has 0 saturated carbocycles. The highest BCUT2D eigenvalue weighted by molar-refractivity contribution is 8.13. The first kappa shape index (κ1) is 35.9. The van der Waals surface area contributed by atoms with Gasteiger partial charge in [-0.05, 0) is 81.1 Å². The number of hydrogen-bond donors (Lipinski definition) is 0. The zero-order chi connectivity index (χ0) is 32.1. The van der Waals surface area contributed by atoms with E-state index in [9.17, 15) is 0 Å². The van der Waals surface area contributed by atoms with E-state index in [-0.39, 0.29) is 29.2 Å². The molecule has 0 aliphatic carbocycles. The molecule has 1 heterocycles. The van der Waals surface area contributed by atoms with E-state index in [2.05, 4.69) is 161 Å². The van der Waals surface area contributed by atoms with Crippen LogP contribution in [0.3, 0.4) is 0 Å². The van der Waals surface area contributed by atoms with Gasteiger partial charge >= 0.3 is 0 Å². The topological polar surface area (TPSA) is 27.7 Å². The normalized spacial score (nSPS) is 22.6. The molecule has 7 heteroatoms. The molecule has 1 fully saturated rings. The van der Waals surface area contributed by atoms with Gasteiger partial charge in [-0.3, -0.25) is 0 Å². The molecule has 240 valence electrons. The van der Waals surface area contributed by atoms with Crippen LogP contribution in [-0.4, -0.2) is 46.0 Å². The van der Waals surface area contributed by atoms with Crippen molar-refractivity contribution in [3.8, 4) is 0 Å². The Balaban J connectivity index is 1.74. The minimum atomic E-state index is -2.06. The van der Waals surface area contributed by atoms with Gasteiger partial charge in [0.05, 0.1) is 25.0 Å². The fourth-order valence-electron chi connectivity index (χ4n) is 6.38. The smallest absolute Gasteiger partial charge is 0.192 e. The Morgan fingerprint density at radius 2 is 1.34 bits per heavy atom. The van der Waals surface area contributed by atoms with Crippen LogP contribution in [0.1, 0.15) is 48.0 Å². The summed E-state index contributed by atoms with van der Waals surface area (Å²) >= 11 is 0. The van der Waals surface area contributed by atoms with Crippen molar-refractivity contribution in [3.63, 3.8) is 0 Å². The minimum absolute atomic E-state index is 0.0962. The fraction of sp³-hybridized carbons (Fsp3) is 0.514. The van der Waals surface area contributed by atoms with Gasteiger partial charge in [0.2, 0.25) is 0 Å². The molecule has 3 unspecified atom stereocenters. The molecule has 1 aliphatic heterocycles. The van der Waals surface area contributed by atoms with Gasteiger partial charge in [-0.25, -0.2) is 0 Å². The van der Waals surface area contributed by atoms with Crippen molar-refractivity contribution < 1.29 is 13.9 Å². The summed E-state index contributed by atoms with van der Waals surface area (Å²) in [7, 11) is -1.48. The molecule has 3 aromatic carbocycles. The molecule has 44 heavy (non-hydrogen) atoms. The van der Waals surface area contributed by atoms with Gasteiger partial charge in [0.1, 0.15) is 23.2 Å². The lowest BCUT2D eigenvalue weighted by Crippen LogP contribution is -2.52. The molecule has 3 aromatic rings. The third kappa shape index (κ3) is 8.12. The van der Waals surface area contributed by atoms with Gasteiger partial charge in [-0.1, -0.05) is 96.1 Å². The highest BCUT2D eigenvalue weighted by atomic mass is 32.0. The molecule has 1 saturated heterocycles. The van der Waals surface area contributed by atoms with Crippen LogP contribution in [0, 0.1) is 17.8 Å². The summed E-state index contributed by atoms with van der Waals surface area (Å²) in [6.07, 6.45) is 2.36. The van der Waals surface area contributed by atoms with Crippen molar-refractivity contribution in [2.24, 2.45) is 17.8 Å². The van der Waals surface area contributed by atoms with Crippen LogP contribution < -0.4 is 15.9 Å². The molecule has 3 nitrogen and oxygen atoms in total. The Morgan fingerprint density at radius 3 is 1.75 bits per heavy atom. The molecule has 0 spiro atoms. The number of hydrogen-bond acceptors (Lipinski definition) is 3. The van der Waals surface area contributed by atoms with E-state index >= 15 is 0 Å². The second kappa shape index (κ2) is 15.3. The lowest BCUT2D eigenvalue weighted by Gasteiger charge is -2.47. The van der Waals surface area contributed by atoms with Crippen LogP contribution in [0.15, 0.2) is 91.0 Å². The zero-order valence-electron chi connectivity index (χ0n) is 28.4. The summed E-state index contributed by atoms with van der Waals surface area (Å²) in [5.41, 5.74) is 0. The lowest BCUT2D eigenvalue weighted by atomic mass is 9.83. The van der Waals surface area contributed by atoms with Crippen LogP contribution in [0.25, 0.3) is 0 Å². The van der Waals surface area contributed by atoms with Crippen molar-refractivity contribution in [2.45, 2.75) is 84.3 Å². The highest BCUT2D eigenvalue weighted by Gasteiger charge is 2.48. The van der Waals surface area contributed by atoms with Gasteiger partial charge in [-0.2, -0.15) is 0 Å². The Morgan fingerprint density at radius 1 is 0.886 bits per heavy atom. The summed E-state index contributed by atoms with van der Waals surface area (Å²) in [5.74, 6) is 0.924. The zero-order valence-corrected chi connectivity index (χ0v) is 32.4. The Labute approximate surface area is 273 Å². The maximum Gasteiger partial charge on any atom is 0.192 e. The quantitative estimate of drug-likeness (QED) is 0.142. The van der Waals surface area contributed by atoms with E-state index in [1.54, 1.807) is 0 Å². The number of rotatable bonds is 12. The van der Waals surface area contributed by atoms with Gasteiger partial charge in [0.25, 0.3) is 0 Å². The number of ether oxygens (including phenoxy) is 2. The van der Waals surface area contributed by atoms with Crippen molar-refractivity contribution in [2.75, 3.05) is 19.4 Å². The predicted octanol–water partition coefficient (Wildman–Crippen LogP) is 9.27. The van der Waals surface area contributed by atoms with Gasteiger partial charge < -0.3 is 13.9 Å². The largest absolute Gasteiger partial charge is 0.413 e.